The number of amides is 3. The third-order valence-corrected chi connectivity index (χ3v) is 5.55. The van der Waals surface area contributed by atoms with Crippen LogP contribution < -0.4 is 20.3 Å². The fourth-order valence-electron chi connectivity index (χ4n) is 3.86. The van der Waals surface area contributed by atoms with Crippen molar-refractivity contribution in [3.63, 3.8) is 0 Å². The van der Waals surface area contributed by atoms with Crippen molar-refractivity contribution in [2.24, 2.45) is 0 Å². The summed E-state index contributed by atoms with van der Waals surface area (Å²) in [6, 6.07) is 22.5. The number of ether oxygens (including phenoxy) is 1. The minimum atomic E-state index is -0.135. The lowest BCUT2D eigenvalue weighted by Crippen LogP contribution is -2.35. The first-order chi connectivity index (χ1) is 15.6. The summed E-state index contributed by atoms with van der Waals surface area (Å²) in [6.07, 6.45) is 3.30. The van der Waals surface area contributed by atoms with E-state index in [0.29, 0.717) is 12.2 Å². The Morgan fingerprint density at radius 3 is 2.31 bits per heavy atom. The molecule has 0 fully saturated rings. The molecule has 4 rings (SSSR count). The number of anilines is 3. The van der Waals surface area contributed by atoms with Crippen molar-refractivity contribution in [1.82, 2.24) is 0 Å². The van der Waals surface area contributed by atoms with Crippen molar-refractivity contribution in [2.45, 2.75) is 25.7 Å². The summed E-state index contributed by atoms with van der Waals surface area (Å²) in [5.74, 6) is 0.637. The standard InChI is InChI=1S/C26H27N3O3/c1-32-23-15-13-21(14-16-23)27-25(30)18-19-9-11-22(12-10-19)28-26(31)29-17-5-4-7-20-6-2-3-8-24(20)29/h2-3,6,8-16H,4-5,7,17-18H2,1H3,(H,27,30)(H,28,31). The second-order valence-electron chi connectivity index (χ2n) is 7.82. The molecule has 3 aromatic rings. The Morgan fingerprint density at radius 1 is 0.875 bits per heavy atom. The third-order valence-electron chi connectivity index (χ3n) is 5.55. The van der Waals surface area contributed by atoms with E-state index in [1.54, 1.807) is 31.4 Å². The van der Waals surface area contributed by atoms with Crippen LogP contribution in [0.1, 0.15) is 24.0 Å². The van der Waals surface area contributed by atoms with E-state index in [9.17, 15) is 9.59 Å². The molecule has 1 aliphatic rings. The highest BCUT2D eigenvalue weighted by atomic mass is 16.5. The largest absolute Gasteiger partial charge is 0.497 e. The molecule has 0 unspecified atom stereocenters. The zero-order chi connectivity index (χ0) is 22.3. The molecule has 0 bridgehead atoms. The fraction of sp³-hybridized carbons (Fsp3) is 0.231. The fourth-order valence-corrected chi connectivity index (χ4v) is 3.86. The smallest absolute Gasteiger partial charge is 0.326 e. The number of para-hydroxylation sites is 1. The predicted molar refractivity (Wildman–Crippen MR) is 128 cm³/mol. The van der Waals surface area contributed by atoms with Gasteiger partial charge in [0, 0.05) is 23.6 Å². The quantitative estimate of drug-likeness (QED) is 0.582. The van der Waals surface area contributed by atoms with Crippen molar-refractivity contribution in [3.8, 4) is 5.75 Å². The number of nitrogens with one attached hydrogen (secondary N) is 2. The van der Waals surface area contributed by atoms with Gasteiger partial charge in [-0.25, -0.2) is 4.79 Å². The van der Waals surface area contributed by atoms with Gasteiger partial charge in [0.25, 0.3) is 0 Å². The van der Waals surface area contributed by atoms with Crippen molar-refractivity contribution < 1.29 is 14.3 Å². The number of fused-ring (bicyclic) bond motifs is 1. The molecule has 0 spiro atoms. The summed E-state index contributed by atoms with van der Waals surface area (Å²) in [4.78, 5) is 27.1. The highest BCUT2D eigenvalue weighted by Crippen LogP contribution is 2.27. The van der Waals surface area contributed by atoms with E-state index in [0.717, 1.165) is 42.0 Å². The molecular formula is C26H27N3O3. The summed E-state index contributed by atoms with van der Waals surface area (Å²) in [7, 11) is 1.60. The van der Waals surface area contributed by atoms with Crippen LogP contribution in [0.4, 0.5) is 21.9 Å². The van der Waals surface area contributed by atoms with Crippen molar-refractivity contribution in [1.29, 1.82) is 0 Å². The molecule has 2 N–H and O–H groups in total. The topological polar surface area (TPSA) is 70.7 Å². The Kier molecular flexibility index (Phi) is 6.70. The normalized spacial score (nSPS) is 13.0. The molecule has 0 radical (unpaired) electrons. The van der Waals surface area contributed by atoms with E-state index in [2.05, 4.69) is 16.7 Å². The van der Waals surface area contributed by atoms with Crippen LogP contribution in [0.15, 0.2) is 72.8 Å². The molecule has 0 saturated heterocycles. The predicted octanol–water partition coefficient (Wildman–Crippen LogP) is 5.25. The minimum Gasteiger partial charge on any atom is -0.497 e. The van der Waals surface area contributed by atoms with E-state index in [4.69, 9.17) is 4.74 Å². The minimum absolute atomic E-state index is 0.104. The molecule has 0 atom stereocenters. The Morgan fingerprint density at radius 2 is 1.56 bits per heavy atom. The van der Waals surface area contributed by atoms with Gasteiger partial charge in [0.15, 0.2) is 0 Å². The Balaban J connectivity index is 1.35. The number of carbonyl (C=O) groups is 2. The lowest BCUT2D eigenvalue weighted by molar-refractivity contribution is -0.115. The van der Waals surface area contributed by atoms with Crippen molar-refractivity contribution >= 4 is 29.0 Å². The van der Waals surface area contributed by atoms with E-state index in [-0.39, 0.29) is 18.4 Å². The van der Waals surface area contributed by atoms with Gasteiger partial charge in [-0.3, -0.25) is 9.69 Å². The Labute approximate surface area is 188 Å². The Hall–Kier alpha value is -3.80. The van der Waals surface area contributed by atoms with Gasteiger partial charge in [0.1, 0.15) is 5.75 Å². The number of urea groups is 1. The number of hydrogen-bond donors (Lipinski definition) is 2. The first-order valence-electron chi connectivity index (χ1n) is 10.8. The second kappa shape index (κ2) is 10.0. The van der Waals surface area contributed by atoms with E-state index in [1.807, 2.05) is 47.4 Å². The molecule has 1 aliphatic heterocycles. The summed E-state index contributed by atoms with van der Waals surface area (Å²) >= 11 is 0. The van der Waals surface area contributed by atoms with Crippen LogP contribution >= 0.6 is 0 Å². The van der Waals surface area contributed by atoms with Crippen molar-refractivity contribution in [3.05, 3.63) is 83.9 Å². The number of nitrogens with zero attached hydrogens (tertiary/aromatic N) is 1. The number of aryl methyl sites for hydroxylation is 1. The molecule has 3 amide bonds. The maximum absolute atomic E-state index is 12.9. The SMILES string of the molecule is COc1ccc(NC(=O)Cc2ccc(NC(=O)N3CCCCc4ccccc43)cc2)cc1. The molecule has 164 valence electrons. The molecule has 0 saturated carbocycles. The Bertz CT molecular complexity index is 1080. The molecule has 0 aromatic heterocycles. The maximum atomic E-state index is 12.9. The lowest BCUT2D eigenvalue weighted by atomic mass is 10.1. The molecule has 6 heteroatoms. The average Bonchev–Trinajstić information content (AvgIpc) is 3.03. The lowest BCUT2D eigenvalue weighted by Gasteiger charge is -2.23. The highest BCUT2D eigenvalue weighted by molar-refractivity contribution is 6.02. The third kappa shape index (κ3) is 5.27. The first kappa shape index (κ1) is 21.4. The van der Waals surface area contributed by atoms with Crippen LogP contribution in [0.2, 0.25) is 0 Å². The van der Waals surface area contributed by atoms with Crippen LogP contribution in [-0.2, 0) is 17.6 Å². The van der Waals surface area contributed by atoms with Gasteiger partial charge < -0.3 is 15.4 Å². The number of benzene rings is 3. The summed E-state index contributed by atoms with van der Waals surface area (Å²) < 4.78 is 5.12. The molecule has 3 aromatic carbocycles. The van der Waals surface area contributed by atoms with Crippen LogP contribution in [-0.4, -0.2) is 25.6 Å². The van der Waals surface area contributed by atoms with E-state index < -0.39 is 0 Å². The van der Waals surface area contributed by atoms with Gasteiger partial charge in [-0.1, -0.05) is 30.3 Å². The van der Waals surface area contributed by atoms with Gasteiger partial charge in [0.2, 0.25) is 5.91 Å². The number of hydrogen-bond acceptors (Lipinski definition) is 3. The molecule has 32 heavy (non-hydrogen) atoms. The summed E-state index contributed by atoms with van der Waals surface area (Å²) in [5.41, 5.74) is 4.48. The monoisotopic (exact) mass is 429 g/mol. The molecule has 6 nitrogen and oxygen atoms in total. The second-order valence-corrected chi connectivity index (χ2v) is 7.82. The number of rotatable bonds is 5. The van der Waals surface area contributed by atoms with E-state index >= 15 is 0 Å². The molecule has 1 heterocycles. The van der Waals surface area contributed by atoms with Gasteiger partial charge in [0.05, 0.1) is 13.5 Å². The van der Waals surface area contributed by atoms with Crippen LogP contribution in [0.3, 0.4) is 0 Å². The number of carbonyl (C=O) groups excluding carboxylic acids is 2. The maximum Gasteiger partial charge on any atom is 0.326 e. The first-order valence-corrected chi connectivity index (χ1v) is 10.8. The summed E-state index contributed by atoms with van der Waals surface area (Å²) in [5, 5.41) is 5.86. The molecular weight excluding hydrogens is 402 g/mol. The van der Waals surface area contributed by atoms with Gasteiger partial charge in [-0.15, -0.1) is 0 Å². The molecule has 0 aliphatic carbocycles. The van der Waals surface area contributed by atoms with Crippen LogP contribution in [0.5, 0.6) is 5.75 Å². The van der Waals surface area contributed by atoms with Crippen LogP contribution in [0.25, 0.3) is 0 Å². The zero-order valence-corrected chi connectivity index (χ0v) is 18.1. The average molecular weight is 430 g/mol. The highest BCUT2D eigenvalue weighted by Gasteiger charge is 2.20. The zero-order valence-electron chi connectivity index (χ0n) is 18.1. The van der Waals surface area contributed by atoms with Crippen molar-refractivity contribution in [2.75, 3.05) is 29.2 Å². The van der Waals surface area contributed by atoms with Gasteiger partial charge in [-0.2, -0.15) is 0 Å². The summed E-state index contributed by atoms with van der Waals surface area (Å²) in [6.45, 7) is 0.701. The number of methoxy groups -OCH3 is 1. The van der Waals surface area contributed by atoms with Crippen LogP contribution in [0, 0.1) is 0 Å². The van der Waals surface area contributed by atoms with E-state index in [1.165, 1.54) is 5.56 Å². The van der Waals surface area contributed by atoms with Gasteiger partial charge >= 0.3 is 6.03 Å². The van der Waals surface area contributed by atoms with Gasteiger partial charge in [-0.05, 0) is 72.9 Å².